The fourth-order valence-corrected chi connectivity index (χ4v) is 2.38. The molecule has 0 saturated heterocycles. The van der Waals surface area contributed by atoms with Gasteiger partial charge in [-0.3, -0.25) is 14.4 Å². The summed E-state index contributed by atoms with van der Waals surface area (Å²) >= 11 is 0. The van der Waals surface area contributed by atoms with Crippen LogP contribution in [0.2, 0.25) is 0 Å². The Bertz CT molecular complexity index is 882. The van der Waals surface area contributed by atoms with Crippen LogP contribution in [0.15, 0.2) is 73.4 Å². The molecule has 0 unspecified atom stereocenters. The molecule has 0 amide bonds. The lowest BCUT2D eigenvalue weighted by Gasteiger charge is -2.04. The second kappa shape index (κ2) is 4.83. The molecule has 0 N–H and O–H groups in total. The van der Waals surface area contributed by atoms with Crippen molar-refractivity contribution in [3.8, 4) is 22.5 Å². The summed E-state index contributed by atoms with van der Waals surface area (Å²) in [5.74, 6) is 0. The Hall–Kier alpha value is -3.01. The minimum atomic E-state index is 0.835. The summed E-state index contributed by atoms with van der Waals surface area (Å²) in [7, 11) is 0. The van der Waals surface area contributed by atoms with E-state index in [0.29, 0.717) is 0 Å². The number of aromatic nitrogens is 4. The highest BCUT2D eigenvalue weighted by molar-refractivity contribution is 5.65. The number of rotatable bonds is 2. The first-order chi connectivity index (χ1) is 10.4. The lowest BCUT2D eigenvalue weighted by atomic mass is 10.2. The van der Waals surface area contributed by atoms with Gasteiger partial charge < -0.3 is 0 Å². The van der Waals surface area contributed by atoms with Crippen LogP contribution in [0, 0.1) is 0 Å². The molecule has 0 fully saturated rings. The number of pyridine rings is 1. The normalized spacial score (nSPS) is 10.9. The second-order valence-corrected chi connectivity index (χ2v) is 4.75. The number of benzene rings is 1. The topological polar surface area (TPSA) is 43.1 Å². The van der Waals surface area contributed by atoms with Crippen LogP contribution in [0.3, 0.4) is 0 Å². The predicted molar refractivity (Wildman–Crippen MR) is 81.7 cm³/mol. The molecule has 0 aliphatic heterocycles. The number of nitrogens with zero attached hydrogens (tertiary/aromatic N) is 4. The van der Waals surface area contributed by atoms with Gasteiger partial charge in [0.25, 0.3) is 0 Å². The highest BCUT2D eigenvalue weighted by Crippen LogP contribution is 2.22. The molecular weight excluding hydrogens is 260 g/mol. The predicted octanol–water partition coefficient (Wildman–Crippen LogP) is 3.46. The van der Waals surface area contributed by atoms with E-state index in [2.05, 4.69) is 31.5 Å². The third-order valence-electron chi connectivity index (χ3n) is 3.42. The molecule has 0 aliphatic carbocycles. The highest BCUT2D eigenvalue weighted by atomic mass is 15.0. The van der Waals surface area contributed by atoms with Crippen molar-refractivity contribution in [3.63, 3.8) is 0 Å². The number of imidazole rings is 1. The zero-order chi connectivity index (χ0) is 14.1. The van der Waals surface area contributed by atoms with Crippen molar-refractivity contribution in [2.24, 2.45) is 0 Å². The standard InChI is InChI=1S/C17H12N4/c1-2-5-13(6-3-1)16-10-20-17-11-19-15(12-21(16)17)14-7-4-8-18-9-14/h1-12H. The zero-order valence-electron chi connectivity index (χ0n) is 11.2. The second-order valence-electron chi connectivity index (χ2n) is 4.75. The monoisotopic (exact) mass is 272 g/mol. The van der Waals surface area contributed by atoms with Gasteiger partial charge in [0, 0.05) is 29.7 Å². The van der Waals surface area contributed by atoms with E-state index in [9.17, 15) is 0 Å². The highest BCUT2D eigenvalue weighted by Gasteiger charge is 2.08. The molecule has 0 spiro atoms. The zero-order valence-corrected chi connectivity index (χ0v) is 11.2. The molecule has 4 rings (SSSR count). The van der Waals surface area contributed by atoms with Crippen molar-refractivity contribution >= 4 is 5.65 Å². The summed E-state index contributed by atoms with van der Waals surface area (Å²) < 4.78 is 2.06. The van der Waals surface area contributed by atoms with Gasteiger partial charge in [-0.15, -0.1) is 0 Å². The van der Waals surface area contributed by atoms with E-state index in [4.69, 9.17) is 0 Å². The number of fused-ring (bicyclic) bond motifs is 1. The molecule has 0 radical (unpaired) electrons. The largest absolute Gasteiger partial charge is 0.296 e. The summed E-state index contributed by atoms with van der Waals surface area (Å²) in [6, 6.07) is 14.1. The van der Waals surface area contributed by atoms with Crippen molar-refractivity contribution in [1.29, 1.82) is 0 Å². The maximum Gasteiger partial charge on any atom is 0.155 e. The average molecular weight is 272 g/mol. The molecule has 0 bridgehead atoms. The van der Waals surface area contributed by atoms with Crippen molar-refractivity contribution in [3.05, 3.63) is 73.4 Å². The molecule has 0 aliphatic rings. The van der Waals surface area contributed by atoms with Crippen molar-refractivity contribution < 1.29 is 0 Å². The molecule has 21 heavy (non-hydrogen) atoms. The smallest absolute Gasteiger partial charge is 0.155 e. The minimum Gasteiger partial charge on any atom is -0.296 e. The fraction of sp³-hybridized carbons (Fsp3) is 0. The van der Waals surface area contributed by atoms with Gasteiger partial charge >= 0.3 is 0 Å². The first-order valence-corrected chi connectivity index (χ1v) is 6.71. The van der Waals surface area contributed by atoms with Crippen LogP contribution in [0.25, 0.3) is 28.2 Å². The van der Waals surface area contributed by atoms with E-state index in [-0.39, 0.29) is 0 Å². The molecule has 3 aromatic heterocycles. The van der Waals surface area contributed by atoms with Gasteiger partial charge in [0.15, 0.2) is 5.65 Å². The molecule has 0 atom stereocenters. The average Bonchev–Trinajstić information content (AvgIpc) is 2.99. The Morgan fingerprint density at radius 2 is 1.62 bits per heavy atom. The number of hydrogen-bond donors (Lipinski definition) is 0. The minimum absolute atomic E-state index is 0.835. The van der Waals surface area contributed by atoms with Crippen LogP contribution in [0.4, 0.5) is 0 Å². The van der Waals surface area contributed by atoms with Gasteiger partial charge in [-0.1, -0.05) is 30.3 Å². The SMILES string of the molecule is c1ccc(-c2cnc3cnc(-c4cccnc4)cn23)cc1. The first kappa shape index (κ1) is 11.8. The van der Waals surface area contributed by atoms with Gasteiger partial charge in [-0.05, 0) is 12.1 Å². The van der Waals surface area contributed by atoms with E-state index in [0.717, 1.165) is 28.2 Å². The summed E-state index contributed by atoms with van der Waals surface area (Å²) in [6.07, 6.45) is 9.23. The Morgan fingerprint density at radius 3 is 2.43 bits per heavy atom. The van der Waals surface area contributed by atoms with Crippen LogP contribution in [0.1, 0.15) is 0 Å². The maximum atomic E-state index is 4.46. The third kappa shape index (κ3) is 2.07. The van der Waals surface area contributed by atoms with Crippen molar-refractivity contribution in [2.75, 3.05) is 0 Å². The molecule has 4 nitrogen and oxygen atoms in total. The summed E-state index contributed by atoms with van der Waals surface area (Å²) in [4.78, 5) is 13.0. The first-order valence-electron chi connectivity index (χ1n) is 6.71. The van der Waals surface area contributed by atoms with E-state index in [1.54, 1.807) is 12.4 Å². The van der Waals surface area contributed by atoms with E-state index >= 15 is 0 Å². The third-order valence-corrected chi connectivity index (χ3v) is 3.42. The lowest BCUT2D eigenvalue weighted by Crippen LogP contribution is -1.93. The Balaban J connectivity index is 1.91. The molecule has 3 heterocycles. The van der Waals surface area contributed by atoms with Crippen molar-refractivity contribution in [2.45, 2.75) is 0 Å². The van der Waals surface area contributed by atoms with E-state index < -0.39 is 0 Å². The molecular formula is C17H12N4. The van der Waals surface area contributed by atoms with Crippen LogP contribution < -0.4 is 0 Å². The van der Waals surface area contributed by atoms with Crippen molar-refractivity contribution in [1.82, 2.24) is 19.4 Å². The Kier molecular flexibility index (Phi) is 2.71. The van der Waals surface area contributed by atoms with Gasteiger partial charge in [-0.25, -0.2) is 4.98 Å². The lowest BCUT2D eigenvalue weighted by molar-refractivity contribution is 1.13. The van der Waals surface area contributed by atoms with E-state index in [1.165, 1.54) is 0 Å². The molecule has 1 aromatic carbocycles. The molecule has 0 saturated carbocycles. The fourth-order valence-electron chi connectivity index (χ4n) is 2.38. The van der Waals surface area contributed by atoms with Crippen LogP contribution in [0.5, 0.6) is 0 Å². The molecule has 4 aromatic rings. The Morgan fingerprint density at radius 1 is 0.762 bits per heavy atom. The van der Waals surface area contributed by atoms with Crippen LogP contribution in [-0.4, -0.2) is 19.4 Å². The van der Waals surface area contributed by atoms with Crippen LogP contribution in [-0.2, 0) is 0 Å². The summed E-state index contributed by atoms with van der Waals surface area (Å²) in [5.41, 5.74) is 4.89. The van der Waals surface area contributed by atoms with Gasteiger partial charge in [-0.2, -0.15) is 0 Å². The Labute approximate surface area is 121 Å². The van der Waals surface area contributed by atoms with Crippen LogP contribution >= 0.6 is 0 Å². The quantitative estimate of drug-likeness (QED) is 0.561. The van der Waals surface area contributed by atoms with Gasteiger partial charge in [0.1, 0.15) is 0 Å². The van der Waals surface area contributed by atoms with E-state index in [1.807, 2.05) is 48.9 Å². The maximum absolute atomic E-state index is 4.46. The van der Waals surface area contributed by atoms with Gasteiger partial charge in [0.2, 0.25) is 0 Å². The molecule has 4 heteroatoms. The summed E-state index contributed by atoms with van der Waals surface area (Å²) in [6.45, 7) is 0. The molecule has 100 valence electrons. The van der Waals surface area contributed by atoms with Gasteiger partial charge in [0.05, 0.1) is 23.8 Å². The summed E-state index contributed by atoms with van der Waals surface area (Å²) in [5, 5.41) is 0. The number of hydrogen-bond acceptors (Lipinski definition) is 3.